The highest BCUT2D eigenvalue weighted by Gasteiger charge is 2.63. The Hall–Kier alpha value is -2.87. The van der Waals surface area contributed by atoms with Gasteiger partial charge in [-0.15, -0.1) is 0 Å². The lowest BCUT2D eigenvalue weighted by molar-refractivity contribution is -0.302. The largest absolute Gasteiger partial charge is 0.484 e. The van der Waals surface area contributed by atoms with E-state index in [1.165, 1.54) is 0 Å². The summed E-state index contributed by atoms with van der Waals surface area (Å²) < 4.78 is 46.1. The van der Waals surface area contributed by atoms with Crippen molar-refractivity contribution in [2.24, 2.45) is 11.0 Å². The molecule has 33 heavy (non-hydrogen) atoms. The van der Waals surface area contributed by atoms with Crippen molar-refractivity contribution in [3.05, 3.63) is 65.7 Å². The molecule has 1 aliphatic heterocycles. The lowest BCUT2D eigenvalue weighted by Gasteiger charge is -2.32. The van der Waals surface area contributed by atoms with Crippen molar-refractivity contribution in [2.75, 3.05) is 6.61 Å². The summed E-state index contributed by atoms with van der Waals surface area (Å²) in [6.07, 6.45) is -5.55. The lowest BCUT2D eigenvalue weighted by atomic mass is 9.78. The average Bonchev–Trinajstić information content (AvgIpc) is 3.09. The van der Waals surface area contributed by atoms with E-state index < -0.39 is 30.8 Å². The van der Waals surface area contributed by atoms with Crippen molar-refractivity contribution in [2.45, 2.75) is 57.9 Å². The fourth-order valence-electron chi connectivity index (χ4n) is 3.88. The fourth-order valence-corrected chi connectivity index (χ4v) is 3.88. The minimum Gasteiger partial charge on any atom is -0.484 e. The van der Waals surface area contributed by atoms with Crippen molar-refractivity contribution in [3.63, 3.8) is 0 Å². The van der Waals surface area contributed by atoms with E-state index in [-0.39, 0.29) is 28.5 Å². The molecule has 1 aliphatic rings. The molecule has 0 fully saturated rings. The standard InChI is InChI=1S/C25H29F3N2O3/c1-17(2)14-20-15-24(32,25(26,27)28)30(29-20)22(31)16-33-21-12-10-19(11-13-21)23(3,4)18-8-6-5-7-9-18/h5-13,17,32H,14-16H2,1-4H3/t24-/m1/s1. The van der Waals surface area contributed by atoms with Crippen molar-refractivity contribution in [1.82, 2.24) is 5.01 Å². The van der Waals surface area contributed by atoms with Crippen LogP contribution in [0.15, 0.2) is 59.7 Å². The molecule has 0 saturated carbocycles. The van der Waals surface area contributed by atoms with Gasteiger partial charge in [-0.05, 0) is 35.6 Å². The molecule has 8 heteroatoms. The topological polar surface area (TPSA) is 62.1 Å². The summed E-state index contributed by atoms with van der Waals surface area (Å²) in [5.41, 5.74) is -1.35. The van der Waals surface area contributed by atoms with Crippen LogP contribution >= 0.6 is 0 Å². The zero-order valence-corrected chi connectivity index (χ0v) is 19.2. The molecule has 178 valence electrons. The number of benzene rings is 2. The molecule has 1 N–H and O–H groups in total. The number of halogens is 3. The third kappa shape index (κ3) is 5.21. The highest BCUT2D eigenvalue weighted by atomic mass is 19.4. The smallest absolute Gasteiger partial charge is 0.438 e. The van der Waals surface area contributed by atoms with Gasteiger partial charge < -0.3 is 9.84 Å². The van der Waals surface area contributed by atoms with Gasteiger partial charge in [-0.3, -0.25) is 4.79 Å². The Bertz CT molecular complexity index is 1000. The predicted octanol–water partition coefficient (Wildman–Crippen LogP) is 5.28. The van der Waals surface area contributed by atoms with Gasteiger partial charge in [-0.25, -0.2) is 0 Å². The molecule has 0 unspecified atom stereocenters. The fraction of sp³-hybridized carbons (Fsp3) is 0.440. The number of hydrogen-bond acceptors (Lipinski definition) is 4. The van der Waals surface area contributed by atoms with E-state index in [4.69, 9.17) is 4.74 Å². The first-order valence-corrected chi connectivity index (χ1v) is 10.8. The van der Waals surface area contributed by atoms with Gasteiger partial charge in [0, 0.05) is 17.5 Å². The summed E-state index contributed by atoms with van der Waals surface area (Å²) in [4.78, 5) is 12.6. The van der Waals surface area contributed by atoms with Crippen LogP contribution in [0, 0.1) is 5.92 Å². The Morgan fingerprint density at radius 2 is 1.67 bits per heavy atom. The number of rotatable bonds is 7. The van der Waals surface area contributed by atoms with Crippen LogP contribution < -0.4 is 4.74 Å². The van der Waals surface area contributed by atoms with Crippen LogP contribution in [-0.2, 0) is 10.2 Å². The van der Waals surface area contributed by atoms with Gasteiger partial charge in [-0.1, -0.05) is 70.2 Å². The molecule has 5 nitrogen and oxygen atoms in total. The molecule has 1 amide bonds. The summed E-state index contributed by atoms with van der Waals surface area (Å²) in [6, 6.07) is 17.0. The van der Waals surface area contributed by atoms with Gasteiger partial charge >= 0.3 is 6.18 Å². The molecule has 1 heterocycles. The Morgan fingerprint density at radius 1 is 1.09 bits per heavy atom. The summed E-state index contributed by atoms with van der Waals surface area (Å²) in [7, 11) is 0. The molecule has 3 rings (SSSR count). The van der Waals surface area contributed by atoms with Gasteiger partial charge in [-0.2, -0.15) is 23.3 Å². The SMILES string of the molecule is CC(C)CC1=NN(C(=O)COc2ccc(C(C)(C)c3ccccc3)cc2)[C@](O)(C(F)(F)F)C1. The molecule has 2 aromatic carbocycles. The Balaban J connectivity index is 1.71. The third-order valence-electron chi connectivity index (χ3n) is 5.81. The summed E-state index contributed by atoms with van der Waals surface area (Å²) >= 11 is 0. The number of amides is 1. The Morgan fingerprint density at radius 3 is 2.21 bits per heavy atom. The first kappa shape index (κ1) is 24.8. The van der Waals surface area contributed by atoms with Crippen LogP contribution in [0.2, 0.25) is 0 Å². The van der Waals surface area contributed by atoms with E-state index >= 15 is 0 Å². The average molecular weight is 463 g/mol. The predicted molar refractivity (Wildman–Crippen MR) is 120 cm³/mol. The number of ether oxygens (including phenoxy) is 1. The van der Waals surface area contributed by atoms with Crippen molar-refractivity contribution in [3.8, 4) is 5.75 Å². The van der Waals surface area contributed by atoms with E-state index in [0.29, 0.717) is 5.75 Å². The maximum atomic E-state index is 13.6. The number of carbonyl (C=O) groups excluding carboxylic acids is 1. The normalized spacial score (nSPS) is 19.1. The van der Waals surface area contributed by atoms with Gasteiger partial charge in [0.05, 0.1) is 0 Å². The van der Waals surface area contributed by atoms with Gasteiger partial charge in [0.1, 0.15) is 5.75 Å². The second-order valence-corrected chi connectivity index (χ2v) is 9.26. The van der Waals surface area contributed by atoms with Crippen LogP contribution in [0.1, 0.15) is 51.7 Å². The first-order valence-electron chi connectivity index (χ1n) is 10.8. The minimum absolute atomic E-state index is 0.0335. The highest BCUT2D eigenvalue weighted by molar-refractivity contribution is 5.91. The number of alkyl halides is 3. The Labute approximate surface area is 191 Å². The van der Waals surface area contributed by atoms with Gasteiger partial charge in [0.15, 0.2) is 6.61 Å². The maximum Gasteiger partial charge on any atom is 0.438 e. The third-order valence-corrected chi connectivity index (χ3v) is 5.81. The van der Waals surface area contributed by atoms with Crippen molar-refractivity contribution in [1.29, 1.82) is 0 Å². The molecule has 0 spiro atoms. The molecule has 1 atom stereocenters. The zero-order chi connectivity index (χ0) is 24.4. The maximum absolute atomic E-state index is 13.6. The minimum atomic E-state index is -5.05. The summed E-state index contributed by atoms with van der Waals surface area (Å²) in [5, 5.41) is 14.2. The molecule has 0 aliphatic carbocycles. The molecule has 0 saturated heterocycles. The number of aliphatic hydroxyl groups is 1. The van der Waals surface area contributed by atoms with Crippen LogP contribution in [0.3, 0.4) is 0 Å². The Kier molecular flexibility index (Phi) is 6.88. The molecular formula is C25H29F3N2O3. The van der Waals surface area contributed by atoms with Crippen LogP contribution in [0.5, 0.6) is 5.75 Å². The summed E-state index contributed by atoms with van der Waals surface area (Å²) in [5.74, 6) is -0.703. The number of hydrogen-bond donors (Lipinski definition) is 1. The number of carbonyl (C=O) groups is 1. The molecule has 2 aromatic rings. The van der Waals surface area contributed by atoms with E-state index in [9.17, 15) is 23.1 Å². The van der Waals surface area contributed by atoms with E-state index in [1.54, 1.807) is 12.1 Å². The quantitative estimate of drug-likeness (QED) is 0.609. The van der Waals surface area contributed by atoms with E-state index in [2.05, 4.69) is 18.9 Å². The van der Waals surface area contributed by atoms with Crippen molar-refractivity contribution < 1.29 is 27.8 Å². The monoisotopic (exact) mass is 462 g/mol. The summed E-state index contributed by atoms with van der Waals surface area (Å²) in [6.45, 7) is 7.13. The van der Waals surface area contributed by atoms with Crippen LogP contribution in [0.25, 0.3) is 0 Å². The second-order valence-electron chi connectivity index (χ2n) is 9.26. The highest BCUT2D eigenvalue weighted by Crippen LogP contribution is 2.41. The van der Waals surface area contributed by atoms with Crippen LogP contribution in [0.4, 0.5) is 13.2 Å². The van der Waals surface area contributed by atoms with E-state index in [1.807, 2.05) is 56.3 Å². The van der Waals surface area contributed by atoms with Gasteiger partial charge in [0.25, 0.3) is 11.6 Å². The first-order chi connectivity index (χ1) is 15.3. The van der Waals surface area contributed by atoms with Crippen molar-refractivity contribution >= 4 is 11.6 Å². The second kappa shape index (κ2) is 9.17. The van der Waals surface area contributed by atoms with E-state index in [0.717, 1.165) is 11.1 Å². The number of hydrazone groups is 1. The molecule has 0 aromatic heterocycles. The lowest BCUT2D eigenvalue weighted by Crippen LogP contribution is -2.57. The van der Waals surface area contributed by atoms with Gasteiger partial charge in [0.2, 0.25) is 0 Å². The van der Waals surface area contributed by atoms with Crippen LogP contribution in [-0.4, -0.2) is 40.2 Å². The molecule has 0 bridgehead atoms. The molecular weight excluding hydrogens is 433 g/mol. The number of nitrogens with zero attached hydrogens (tertiary/aromatic N) is 2. The zero-order valence-electron chi connectivity index (χ0n) is 19.2. The molecule has 0 radical (unpaired) electrons.